The molecule has 18 heavy (non-hydrogen) atoms. The van der Waals surface area contributed by atoms with Crippen LogP contribution in [0.2, 0.25) is 0 Å². The highest BCUT2D eigenvalue weighted by Crippen LogP contribution is 2.15. The van der Waals surface area contributed by atoms with Crippen LogP contribution in [0, 0.1) is 20.8 Å². The maximum atomic E-state index is 12.4. The molecule has 2 rings (SSSR count). The van der Waals surface area contributed by atoms with E-state index in [1.54, 1.807) is 0 Å². The number of aryl methyl sites for hydroxylation is 2. The van der Waals surface area contributed by atoms with Crippen LogP contribution in [-0.2, 0) is 6.42 Å². The van der Waals surface area contributed by atoms with Crippen LogP contribution >= 0.6 is 0 Å². The summed E-state index contributed by atoms with van der Waals surface area (Å²) in [5, 5.41) is 4.35. The second-order valence-corrected chi connectivity index (χ2v) is 4.59. The summed E-state index contributed by atoms with van der Waals surface area (Å²) < 4.78 is 1.51. The Hall–Kier alpha value is -1.90. The Balaban J connectivity index is 2.43. The van der Waals surface area contributed by atoms with Crippen molar-refractivity contribution in [2.75, 3.05) is 0 Å². The second kappa shape index (κ2) is 4.77. The maximum Gasteiger partial charge on any atom is 0.278 e. The summed E-state index contributed by atoms with van der Waals surface area (Å²) in [5.74, 6) is -0.0599. The van der Waals surface area contributed by atoms with Crippen LogP contribution in [0.25, 0.3) is 0 Å². The van der Waals surface area contributed by atoms with Crippen molar-refractivity contribution in [1.29, 1.82) is 0 Å². The highest BCUT2D eigenvalue weighted by atomic mass is 16.2. The standard InChI is InChI=1S/C15H18N2O/c1-5-14-11(3)16-17(12(14)4)15(18)13-8-6-10(2)7-9-13/h6-9H,5H2,1-4H3. The van der Waals surface area contributed by atoms with Gasteiger partial charge in [-0.05, 0) is 44.9 Å². The van der Waals surface area contributed by atoms with Crippen molar-refractivity contribution < 1.29 is 4.79 Å². The number of benzene rings is 1. The molecule has 3 heteroatoms. The minimum Gasteiger partial charge on any atom is -0.267 e. The van der Waals surface area contributed by atoms with Crippen LogP contribution < -0.4 is 0 Å². The summed E-state index contributed by atoms with van der Waals surface area (Å²) in [6.45, 7) is 7.99. The Morgan fingerprint density at radius 2 is 1.78 bits per heavy atom. The average Bonchev–Trinajstić information content (AvgIpc) is 2.64. The van der Waals surface area contributed by atoms with E-state index in [4.69, 9.17) is 0 Å². The van der Waals surface area contributed by atoms with Crippen molar-refractivity contribution in [3.8, 4) is 0 Å². The van der Waals surface area contributed by atoms with Gasteiger partial charge in [-0.2, -0.15) is 5.10 Å². The second-order valence-electron chi connectivity index (χ2n) is 4.59. The minimum absolute atomic E-state index is 0.0599. The van der Waals surface area contributed by atoms with Crippen molar-refractivity contribution in [2.45, 2.75) is 34.1 Å². The van der Waals surface area contributed by atoms with Crippen molar-refractivity contribution in [3.63, 3.8) is 0 Å². The van der Waals surface area contributed by atoms with E-state index in [2.05, 4.69) is 12.0 Å². The molecule has 0 N–H and O–H groups in total. The van der Waals surface area contributed by atoms with Crippen LogP contribution in [0.5, 0.6) is 0 Å². The van der Waals surface area contributed by atoms with Crippen molar-refractivity contribution in [3.05, 3.63) is 52.3 Å². The largest absolute Gasteiger partial charge is 0.278 e. The Kier molecular flexibility index (Phi) is 3.32. The van der Waals surface area contributed by atoms with Crippen LogP contribution in [0.3, 0.4) is 0 Å². The SMILES string of the molecule is CCc1c(C)nn(C(=O)c2ccc(C)cc2)c1C. The van der Waals surface area contributed by atoms with Crippen molar-refractivity contribution in [1.82, 2.24) is 9.78 Å². The van der Waals surface area contributed by atoms with E-state index in [1.807, 2.05) is 45.0 Å². The third-order valence-corrected chi connectivity index (χ3v) is 3.29. The number of carbonyl (C=O) groups is 1. The number of aromatic nitrogens is 2. The number of rotatable bonds is 2. The lowest BCUT2D eigenvalue weighted by Gasteiger charge is -2.04. The molecule has 0 aliphatic carbocycles. The van der Waals surface area contributed by atoms with Gasteiger partial charge in [0, 0.05) is 11.3 Å². The Bertz CT molecular complexity index is 579. The van der Waals surface area contributed by atoms with Gasteiger partial charge in [0.15, 0.2) is 0 Å². The lowest BCUT2D eigenvalue weighted by atomic mass is 10.1. The van der Waals surface area contributed by atoms with Crippen molar-refractivity contribution in [2.24, 2.45) is 0 Å². The summed E-state index contributed by atoms with van der Waals surface area (Å²) in [5.41, 5.74) is 4.87. The molecule has 0 spiro atoms. The monoisotopic (exact) mass is 242 g/mol. The molecular weight excluding hydrogens is 224 g/mol. The Morgan fingerprint density at radius 1 is 1.17 bits per heavy atom. The van der Waals surface area contributed by atoms with Gasteiger partial charge in [0.05, 0.1) is 5.69 Å². The van der Waals surface area contributed by atoms with Crippen LogP contribution in [-0.4, -0.2) is 15.7 Å². The molecule has 3 nitrogen and oxygen atoms in total. The first-order chi connectivity index (χ1) is 8.54. The zero-order chi connectivity index (χ0) is 13.3. The van der Waals surface area contributed by atoms with E-state index in [0.717, 1.165) is 28.9 Å². The third-order valence-electron chi connectivity index (χ3n) is 3.29. The van der Waals surface area contributed by atoms with Gasteiger partial charge >= 0.3 is 0 Å². The molecule has 0 bridgehead atoms. The number of hydrogen-bond acceptors (Lipinski definition) is 2. The molecule has 0 amide bonds. The van der Waals surface area contributed by atoms with E-state index >= 15 is 0 Å². The summed E-state index contributed by atoms with van der Waals surface area (Å²) in [6.07, 6.45) is 0.902. The fourth-order valence-corrected chi connectivity index (χ4v) is 2.20. The first-order valence-electron chi connectivity index (χ1n) is 6.21. The molecule has 0 saturated carbocycles. The molecule has 0 radical (unpaired) electrons. The van der Waals surface area contributed by atoms with E-state index in [0.29, 0.717) is 5.56 Å². The molecule has 0 aliphatic heterocycles. The van der Waals surface area contributed by atoms with Gasteiger partial charge in [-0.1, -0.05) is 24.6 Å². The zero-order valence-electron chi connectivity index (χ0n) is 11.3. The third kappa shape index (κ3) is 2.08. The van der Waals surface area contributed by atoms with E-state index < -0.39 is 0 Å². The van der Waals surface area contributed by atoms with Crippen molar-refractivity contribution >= 4 is 5.91 Å². The minimum atomic E-state index is -0.0599. The highest BCUT2D eigenvalue weighted by Gasteiger charge is 2.16. The Morgan fingerprint density at radius 3 is 2.28 bits per heavy atom. The summed E-state index contributed by atoms with van der Waals surface area (Å²) in [4.78, 5) is 12.4. The topological polar surface area (TPSA) is 34.9 Å². The molecule has 0 aliphatic rings. The van der Waals surface area contributed by atoms with Crippen LogP contribution in [0.15, 0.2) is 24.3 Å². The van der Waals surface area contributed by atoms with Gasteiger partial charge < -0.3 is 0 Å². The van der Waals surface area contributed by atoms with E-state index in [1.165, 1.54) is 4.68 Å². The van der Waals surface area contributed by atoms with Gasteiger partial charge in [-0.25, -0.2) is 4.68 Å². The van der Waals surface area contributed by atoms with Crippen LogP contribution in [0.4, 0.5) is 0 Å². The quantitative estimate of drug-likeness (QED) is 0.811. The smallest absolute Gasteiger partial charge is 0.267 e. The van der Waals surface area contributed by atoms with Gasteiger partial charge in [-0.3, -0.25) is 4.79 Å². The fraction of sp³-hybridized carbons (Fsp3) is 0.333. The predicted molar refractivity (Wildman–Crippen MR) is 72.0 cm³/mol. The molecule has 0 fully saturated rings. The molecule has 1 heterocycles. The number of nitrogens with zero attached hydrogens (tertiary/aromatic N) is 2. The van der Waals surface area contributed by atoms with Gasteiger partial charge in [-0.15, -0.1) is 0 Å². The van der Waals surface area contributed by atoms with E-state index in [9.17, 15) is 4.79 Å². The lowest BCUT2D eigenvalue weighted by Crippen LogP contribution is -2.15. The molecular formula is C15H18N2O. The summed E-state index contributed by atoms with van der Waals surface area (Å²) in [7, 11) is 0. The molecule has 2 aromatic rings. The number of hydrogen-bond donors (Lipinski definition) is 0. The first kappa shape index (κ1) is 12.6. The highest BCUT2D eigenvalue weighted by molar-refractivity contribution is 5.95. The molecule has 1 aromatic heterocycles. The maximum absolute atomic E-state index is 12.4. The molecule has 0 atom stereocenters. The van der Waals surface area contributed by atoms with Gasteiger partial charge in [0.25, 0.3) is 5.91 Å². The van der Waals surface area contributed by atoms with Gasteiger partial charge in [0.2, 0.25) is 0 Å². The predicted octanol–water partition coefficient (Wildman–Crippen LogP) is 3.06. The number of carbonyl (C=O) groups excluding carboxylic acids is 1. The first-order valence-corrected chi connectivity index (χ1v) is 6.21. The Labute approximate surface area is 107 Å². The zero-order valence-corrected chi connectivity index (χ0v) is 11.3. The molecule has 0 saturated heterocycles. The molecule has 0 unspecified atom stereocenters. The molecule has 1 aromatic carbocycles. The summed E-state index contributed by atoms with van der Waals surface area (Å²) in [6, 6.07) is 7.58. The van der Waals surface area contributed by atoms with Gasteiger partial charge in [0.1, 0.15) is 0 Å². The summed E-state index contributed by atoms with van der Waals surface area (Å²) >= 11 is 0. The molecule has 94 valence electrons. The van der Waals surface area contributed by atoms with E-state index in [-0.39, 0.29) is 5.91 Å². The lowest BCUT2D eigenvalue weighted by molar-refractivity contribution is 0.0942. The fourth-order valence-electron chi connectivity index (χ4n) is 2.20. The van der Waals surface area contributed by atoms with Crippen LogP contribution in [0.1, 0.15) is 39.8 Å². The average molecular weight is 242 g/mol. The normalized spacial score (nSPS) is 10.7.